The smallest absolute Gasteiger partial charge is 0.373 e. The van der Waals surface area contributed by atoms with Gasteiger partial charge < -0.3 is 13.9 Å². The van der Waals surface area contributed by atoms with Gasteiger partial charge in [-0.05, 0) is 50.1 Å². The highest BCUT2D eigenvalue weighted by atomic mass is 32.2. The highest BCUT2D eigenvalue weighted by Gasteiger charge is 2.31. The molecule has 3 rings (SSSR count). The van der Waals surface area contributed by atoms with E-state index in [1.807, 2.05) is 6.92 Å². The van der Waals surface area contributed by atoms with Crippen LogP contribution in [0.1, 0.15) is 52.9 Å². The number of benzene rings is 1. The van der Waals surface area contributed by atoms with Gasteiger partial charge in [0.05, 0.1) is 17.6 Å². The van der Waals surface area contributed by atoms with Crippen LogP contribution >= 0.6 is 0 Å². The molecule has 156 valence electrons. The molecule has 1 aliphatic heterocycles. The first-order chi connectivity index (χ1) is 13.8. The molecule has 1 saturated heterocycles. The third kappa shape index (κ3) is 4.68. The van der Waals surface area contributed by atoms with Crippen LogP contribution in [0.15, 0.2) is 45.7 Å². The fraction of sp³-hybridized carbons (Fsp3) is 0.400. The lowest BCUT2D eigenvalue weighted by atomic mass is 10.1. The molecule has 2 aromatic rings. The van der Waals surface area contributed by atoms with Crippen LogP contribution in [0.3, 0.4) is 0 Å². The van der Waals surface area contributed by atoms with E-state index in [9.17, 15) is 18.0 Å². The van der Waals surface area contributed by atoms with Crippen molar-refractivity contribution in [2.75, 3.05) is 13.7 Å². The molecule has 0 N–H and O–H groups in total. The summed E-state index contributed by atoms with van der Waals surface area (Å²) < 4.78 is 42.4. The van der Waals surface area contributed by atoms with E-state index in [-0.39, 0.29) is 34.6 Å². The monoisotopic (exact) mass is 421 g/mol. The third-order valence-corrected chi connectivity index (χ3v) is 6.82. The summed E-state index contributed by atoms with van der Waals surface area (Å²) in [6.45, 7) is 2.16. The van der Waals surface area contributed by atoms with Crippen LogP contribution in [0, 0.1) is 0 Å². The Kier molecular flexibility index (Phi) is 6.39. The first-order valence-corrected chi connectivity index (χ1v) is 10.7. The number of hydrogen-bond acceptors (Lipinski definition) is 7. The number of carbonyl (C=O) groups is 2. The molecule has 1 aromatic heterocycles. The van der Waals surface area contributed by atoms with Crippen LogP contribution in [0.5, 0.6) is 0 Å². The van der Waals surface area contributed by atoms with Gasteiger partial charge in [0.2, 0.25) is 15.8 Å². The molecule has 29 heavy (non-hydrogen) atoms. The average molecular weight is 421 g/mol. The van der Waals surface area contributed by atoms with E-state index < -0.39 is 22.0 Å². The number of piperidine rings is 1. The Morgan fingerprint density at radius 1 is 1.17 bits per heavy atom. The number of ether oxygens (including phenoxy) is 2. The summed E-state index contributed by atoms with van der Waals surface area (Å²) in [4.78, 5) is 23.8. The van der Waals surface area contributed by atoms with Crippen LogP contribution in [0.25, 0.3) is 0 Å². The van der Waals surface area contributed by atoms with Crippen LogP contribution in [0.2, 0.25) is 0 Å². The fourth-order valence-corrected chi connectivity index (χ4v) is 4.98. The van der Waals surface area contributed by atoms with Gasteiger partial charge in [-0.2, -0.15) is 4.31 Å². The van der Waals surface area contributed by atoms with E-state index in [1.54, 1.807) is 0 Å². The van der Waals surface area contributed by atoms with Gasteiger partial charge in [-0.1, -0.05) is 12.5 Å². The van der Waals surface area contributed by atoms with Crippen molar-refractivity contribution < 1.29 is 31.9 Å². The number of furan rings is 1. The van der Waals surface area contributed by atoms with Crippen molar-refractivity contribution in [2.24, 2.45) is 0 Å². The molecule has 0 radical (unpaired) electrons. The van der Waals surface area contributed by atoms with Crippen molar-refractivity contribution in [1.29, 1.82) is 0 Å². The zero-order chi connectivity index (χ0) is 21.0. The molecule has 1 atom stereocenters. The summed E-state index contributed by atoms with van der Waals surface area (Å²) in [7, 11) is -2.46. The van der Waals surface area contributed by atoms with Crippen molar-refractivity contribution >= 4 is 22.0 Å². The zero-order valence-electron chi connectivity index (χ0n) is 16.3. The van der Waals surface area contributed by atoms with Crippen molar-refractivity contribution in [2.45, 2.75) is 43.7 Å². The van der Waals surface area contributed by atoms with Crippen LogP contribution in [0.4, 0.5) is 0 Å². The highest BCUT2D eigenvalue weighted by Crippen LogP contribution is 2.25. The van der Waals surface area contributed by atoms with Gasteiger partial charge in [-0.15, -0.1) is 0 Å². The van der Waals surface area contributed by atoms with E-state index >= 15 is 0 Å². The van der Waals surface area contributed by atoms with Crippen molar-refractivity contribution in [1.82, 2.24) is 4.31 Å². The third-order valence-electron chi connectivity index (χ3n) is 4.81. The van der Waals surface area contributed by atoms with Crippen LogP contribution in [-0.4, -0.2) is 44.4 Å². The minimum atomic E-state index is -3.69. The minimum absolute atomic E-state index is 0.00212. The van der Waals surface area contributed by atoms with Gasteiger partial charge in [-0.25, -0.2) is 18.0 Å². The number of methoxy groups -OCH3 is 1. The Bertz CT molecular complexity index is 996. The topological polar surface area (TPSA) is 103 Å². The van der Waals surface area contributed by atoms with Gasteiger partial charge in [-0.3, -0.25) is 0 Å². The number of carbonyl (C=O) groups excluding carboxylic acids is 2. The molecule has 0 amide bonds. The second-order valence-electron chi connectivity index (χ2n) is 6.82. The lowest BCUT2D eigenvalue weighted by Crippen LogP contribution is -2.41. The molecule has 1 fully saturated rings. The second kappa shape index (κ2) is 8.79. The van der Waals surface area contributed by atoms with Crippen LogP contribution < -0.4 is 0 Å². The molecule has 0 spiro atoms. The fourth-order valence-electron chi connectivity index (χ4n) is 3.23. The zero-order valence-corrected chi connectivity index (χ0v) is 17.1. The van der Waals surface area contributed by atoms with Crippen molar-refractivity contribution in [3.63, 3.8) is 0 Å². The number of nitrogens with zero attached hydrogens (tertiary/aromatic N) is 1. The summed E-state index contributed by atoms with van der Waals surface area (Å²) in [6.07, 6.45) is 2.64. The maximum Gasteiger partial charge on any atom is 0.373 e. The lowest BCUT2D eigenvalue weighted by molar-refractivity contribution is 0.0438. The second-order valence-corrected chi connectivity index (χ2v) is 8.71. The number of hydrogen-bond donors (Lipinski definition) is 0. The maximum absolute atomic E-state index is 13.0. The molecule has 0 saturated carbocycles. The number of sulfonamides is 1. The SMILES string of the molecule is COC(=O)c1ccc(COC(=O)c2cccc(S(=O)(=O)N3CCCC[C@H]3C)c2)o1. The van der Waals surface area contributed by atoms with Gasteiger partial charge in [0.1, 0.15) is 12.4 Å². The van der Waals surface area contributed by atoms with Gasteiger partial charge in [0.25, 0.3) is 0 Å². The Hall–Kier alpha value is -2.65. The molecule has 8 nitrogen and oxygen atoms in total. The average Bonchev–Trinajstić information content (AvgIpc) is 3.21. The molecule has 0 bridgehead atoms. The Labute approximate surface area is 169 Å². The predicted molar refractivity (Wildman–Crippen MR) is 103 cm³/mol. The van der Waals surface area contributed by atoms with Gasteiger partial charge in [0.15, 0.2) is 0 Å². The first-order valence-electron chi connectivity index (χ1n) is 9.29. The minimum Gasteiger partial charge on any atom is -0.463 e. The summed E-state index contributed by atoms with van der Waals surface area (Å²) in [6, 6.07) is 8.64. The molecule has 0 unspecified atom stereocenters. The molecule has 1 aromatic carbocycles. The molecule has 0 aliphatic carbocycles. The van der Waals surface area contributed by atoms with E-state index in [4.69, 9.17) is 9.15 Å². The highest BCUT2D eigenvalue weighted by molar-refractivity contribution is 7.89. The maximum atomic E-state index is 13.0. The van der Waals surface area contributed by atoms with Crippen LogP contribution in [-0.2, 0) is 26.1 Å². The Morgan fingerprint density at radius 2 is 1.97 bits per heavy atom. The van der Waals surface area contributed by atoms with Gasteiger partial charge >= 0.3 is 11.9 Å². The summed E-state index contributed by atoms with van der Waals surface area (Å²) in [5.41, 5.74) is 0.121. The summed E-state index contributed by atoms with van der Waals surface area (Å²) in [5, 5.41) is 0. The van der Waals surface area contributed by atoms with E-state index in [0.29, 0.717) is 6.54 Å². The Balaban J connectivity index is 1.71. The quantitative estimate of drug-likeness (QED) is 0.661. The largest absolute Gasteiger partial charge is 0.463 e. The van der Waals surface area contributed by atoms with Crippen molar-refractivity contribution in [3.05, 3.63) is 53.5 Å². The molecule has 1 aliphatic rings. The van der Waals surface area contributed by atoms with E-state index in [1.165, 1.54) is 47.8 Å². The normalized spacial score (nSPS) is 17.7. The number of rotatable bonds is 6. The molecular formula is C20H23NO7S. The standard InChI is InChI=1S/C20H23NO7S/c1-14-6-3-4-11-21(14)29(24,25)17-8-5-7-15(12-17)19(22)27-13-16-9-10-18(28-16)20(23)26-2/h5,7-10,12,14H,3-4,6,11,13H2,1-2H3/t14-/m1/s1. The Morgan fingerprint density at radius 3 is 2.69 bits per heavy atom. The molecule has 9 heteroatoms. The first kappa shape index (κ1) is 21.1. The number of esters is 2. The van der Waals surface area contributed by atoms with Gasteiger partial charge in [0, 0.05) is 12.6 Å². The summed E-state index contributed by atoms with van der Waals surface area (Å²) >= 11 is 0. The van der Waals surface area contributed by atoms with Crippen molar-refractivity contribution in [3.8, 4) is 0 Å². The predicted octanol–water partition coefficient (Wildman–Crippen LogP) is 2.99. The molecule has 2 heterocycles. The van der Waals surface area contributed by atoms with E-state index in [2.05, 4.69) is 4.74 Å². The lowest BCUT2D eigenvalue weighted by Gasteiger charge is -2.32. The van der Waals surface area contributed by atoms with E-state index in [0.717, 1.165) is 19.3 Å². The summed E-state index contributed by atoms with van der Waals surface area (Å²) in [5.74, 6) is -1.05. The molecular weight excluding hydrogens is 398 g/mol.